The van der Waals surface area contributed by atoms with E-state index >= 15 is 0 Å². The van der Waals surface area contributed by atoms with E-state index in [2.05, 4.69) is 40.3 Å². The minimum Gasteiger partial charge on any atom is -0.399 e. The summed E-state index contributed by atoms with van der Waals surface area (Å²) >= 11 is 0. The maximum Gasteiger partial charge on any atom is 0.220 e. The Hall–Kier alpha value is -2.17. The summed E-state index contributed by atoms with van der Waals surface area (Å²) in [6.07, 6.45) is 4.17. The number of fused-ring (bicyclic) bond motifs is 1. The monoisotopic (exact) mass is 393 g/mol. The predicted molar refractivity (Wildman–Crippen MR) is 113 cm³/mol. The van der Waals surface area contributed by atoms with Crippen LogP contribution in [0.15, 0.2) is 60.8 Å². The highest BCUT2D eigenvalue weighted by molar-refractivity contribution is 5.85. The van der Waals surface area contributed by atoms with Crippen LogP contribution in [-0.4, -0.2) is 17.0 Å². The summed E-state index contributed by atoms with van der Waals surface area (Å²) in [6, 6.07) is 18.2. The second-order valence-electron chi connectivity index (χ2n) is 5.97. The molecule has 0 fully saturated rings. The number of amides is 1. The zero-order valence-electron chi connectivity index (χ0n) is 14.6. The van der Waals surface area contributed by atoms with E-state index in [1.54, 1.807) is 0 Å². The van der Waals surface area contributed by atoms with Crippen molar-refractivity contribution >= 4 is 47.3 Å². The van der Waals surface area contributed by atoms with Gasteiger partial charge < -0.3 is 15.6 Å². The van der Waals surface area contributed by atoms with Crippen LogP contribution in [0.3, 0.4) is 0 Å². The molecule has 3 aromatic rings. The van der Waals surface area contributed by atoms with Crippen molar-refractivity contribution in [3.05, 3.63) is 66.4 Å². The number of rotatable bonds is 7. The molecular weight excluding hydrogens is 369 g/mol. The van der Waals surface area contributed by atoms with Gasteiger partial charge in [0.25, 0.3) is 0 Å². The van der Waals surface area contributed by atoms with Gasteiger partial charge in [0, 0.05) is 36.9 Å². The molecule has 1 heterocycles. The maximum absolute atomic E-state index is 11.9. The molecule has 3 rings (SSSR count). The van der Waals surface area contributed by atoms with Crippen molar-refractivity contribution in [2.45, 2.75) is 25.8 Å². The van der Waals surface area contributed by atoms with E-state index in [9.17, 15) is 4.79 Å². The molecule has 0 radical (unpaired) electrons. The van der Waals surface area contributed by atoms with Crippen molar-refractivity contribution in [3.63, 3.8) is 0 Å². The first-order valence-electron chi connectivity index (χ1n) is 8.38. The third kappa shape index (κ3) is 5.68. The molecule has 1 amide bonds. The maximum atomic E-state index is 11.9. The number of carbonyl (C=O) groups excluding carboxylic acids is 1. The van der Waals surface area contributed by atoms with Gasteiger partial charge >= 0.3 is 0 Å². The lowest BCUT2D eigenvalue weighted by molar-refractivity contribution is -0.121. The first kappa shape index (κ1) is 21.9. The molecule has 0 aliphatic carbocycles. The molecule has 140 valence electrons. The van der Waals surface area contributed by atoms with Crippen molar-refractivity contribution in [1.82, 2.24) is 9.88 Å². The molecule has 0 saturated carbocycles. The summed E-state index contributed by atoms with van der Waals surface area (Å²) in [5.41, 5.74) is 8.92. The van der Waals surface area contributed by atoms with Crippen LogP contribution in [0.2, 0.25) is 0 Å². The quantitative estimate of drug-likeness (QED) is 0.466. The molecule has 0 bridgehead atoms. The Kier molecular flexibility index (Phi) is 9.03. The zero-order chi connectivity index (χ0) is 16.8. The van der Waals surface area contributed by atoms with Crippen molar-refractivity contribution in [2.75, 3.05) is 12.3 Å². The predicted octanol–water partition coefficient (Wildman–Crippen LogP) is 4.21. The van der Waals surface area contributed by atoms with Crippen LogP contribution in [0.4, 0.5) is 5.69 Å². The summed E-state index contributed by atoms with van der Waals surface area (Å²) in [7, 11) is 0. The van der Waals surface area contributed by atoms with Gasteiger partial charge in [-0.3, -0.25) is 4.79 Å². The van der Waals surface area contributed by atoms with Crippen molar-refractivity contribution in [1.29, 1.82) is 0 Å². The number of nitrogens with one attached hydrogen (secondary N) is 1. The smallest absolute Gasteiger partial charge is 0.220 e. The summed E-state index contributed by atoms with van der Waals surface area (Å²) in [6.45, 7) is 1.59. The van der Waals surface area contributed by atoms with Crippen LogP contribution < -0.4 is 11.1 Å². The molecule has 1 aromatic heterocycles. The van der Waals surface area contributed by atoms with Crippen molar-refractivity contribution < 1.29 is 4.79 Å². The largest absolute Gasteiger partial charge is 0.399 e. The van der Waals surface area contributed by atoms with Gasteiger partial charge in [-0.05, 0) is 42.0 Å². The number of aryl methyl sites for hydroxylation is 2. The fourth-order valence-electron chi connectivity index (χ4n) is 2.91. The van der Waals surface area contributed by atoms with Crippen LogP contribution in [0, 0.1) is 0 Å². The van der Waals surface area contributed by atoms with E-state index in [-0.39, 0.29) is 30.7 Å². The fourth-order valence-corrected chi connectivity index (χ4v) is 2.91. The van der Waals surface area contributed by atoms with E-state index in [1.165, 1.54) is 10.9 Å². The second kappa shape index (κ2) is 10.7. The molecular formula is C20H25Cl2N3O. The first-order chi connectivity index (χ1) is 11.7. The Morgan fingerprint density at radius 3 is 2.54 bits per heavy atom. The highest BCUT2D eigenvalue weighted by Crippen LogP contribution is 2.15. The zero-order valence-corrected chi connectivity index (χ0v) is 16.2. The SMILES string of the molecule is Cl.Cl.Nc1ccccc1CCC(=O)NCCCn1ccc2ccccc21. The summed E-state index contributed by atoms with van der Waals surface area (Å²) in [5, 5.41) is 4.24. The topological polar surface area (TPSA) is 60.1 Å². The van der Waals surface area contributed by atoms with Crippen molar-refractivity contribution in [3.8, 4) is 0 Å². The van der Waals surface area contributed by atoms with Crippen LogP contribution >= 0.6 is 24.8 Å². The van der Waals surface area contributed by atoms with Gasteiger partial charge in [-0.1, -0.05) is 36.4 Å². The number of aromatic nitrogens is 1. The highest BCUT2D eigenvalue weighted by Gasteiger charge is 2.04. The van der Waals surface area contributed by atoms with Gasteiger partial charge in [-0.15, -0.1) is 24.8 Å². The van der Waals surface area contributed by atoms with E-state index in [4.69, 9.17) is 5.73 Å². The number of benzene rings is 2. The molecule has 26 heavy (non-hydrogen) atoms. The number of nitrogen functional groups attached to an aromatic ring is 1. The van der Waals surface area contributed by atoms with E-state index < -0.39 is 0 Å². The number of nitrogens with two attached hydrogens (primary N) is 1. The normalized spacial score (nSPS) is 10.0. The van der Waals surface area contributed by atoms with Crippen LogP contribution in [-0.2, 0) is 17.8 Å². The van der Waals surface area contributed by atoms with Crippen molar-refractivity contribution in [2.24, 2.45) is 0 Å². The first-order valence-corrected chi connectivity index (χ1v) is 8.38. The molecule has 0 saturated heterocycles. The lowest BCUT2D eigenvalue weighted by atomic mass is 10.1. The number of anilines is 1. The third-order valence-corrected chi connectivity index (χ3v) is 4.25. The van der Waals surface area contributed by atoms with Gasteiger partial charge in [0.1, 0.15) is 0 Å². The minimum atomic E-state index is 0. The van der Waals surface area contributed by atoms with Gasteiger partial charge in [-0.2, -0.15) is 0 Å². The number of nitrogens with zero attached hydrogens (tertiary/aromatic N) is 1. The third-order valence-electron chi connectivity index (χ3n) is 4.25. The second-order valence-corrected chi connectivity index (χ2v) is 5.97. The average molecular weight is 394 g/mol. The van der Waals surface area contributed by atoms with Gasteiger partial charge in [-0.25, -0.2) is 0 Å². The summed E-state index contributed by atoms with van der Waals surface area (Å²) in [5.74, 6) is 0.0793. The standard InChI is InChI=1S/C20H23N3O.2ClH/c21-18-8-3-1-6-16(18)10-11-20(24)22-13-5-14-23-15-12-17-7-2-4-9-19(17)23;;/h1-4,6-9,12,15H,5,10-11,13-14,21H2,(H,22,24);2*1H. The van der Waals surface area contributed by atoms with Gasteiger partial charge in [0.15, 0.2) is 0 Å². The molecule has 0 spiro atoms. The van der Waals surface area contributed by atoms with E-state index in [0.29, 0.717) is 19.4 Å². The highest BCUT2D eigenvalue weighted by atomic mass is 35.5. The number of hydrogen-bond acceptors (Lipinski definition) is 2. The Morgan fingerprint density at radius 1 is 1.00 bits per heavy atom. The molecule has 0 aliphatic rings. The number of halogens is 2. The van der Waals surface area contributed by atoms with Crippen LogP contribution in [0.5, 0.6) is 0 Å². The molecule has 0 unspecified atom stereocenters. The molecule has 3 N–H and O–H groups in total. The van der Waals surface area contributed by atoms with Gasteiger partial charge in [0.2, 0.25) is 5.91 Å². The van der Waals surface area contributed by atoms with E-state index in [0.717, 1.165) is 24.2 Å². The molecule has 0 aliphatic heterocycles. The lowest BCUT2D eigenvalue weighted by Crippen LogP contribution is -2.25. The molecule has 0 atom stereocenters. The molecule has 2 aromatic carbocycles. The lowest BCUT2D eigenvalue weighted by Gasteiger charge is -2.08. The Balaban J connectivity index is 0.00000169. The molecule has 4 nitrogen and oxygen atoms in total. The summed E-state index contributed by atoms with van der Waals surface area (Å²) < 4.78 is 2.23. The Morgan fingerprint density at radius 2 is 1.73 bits per heavy atom. The number of para-hydroxylation sites is 2. The minimum absolute atomic E-state index is 0. The van der Waals surface area contributed by atoms with Crippen LogP contribution in [0.1, 0.15) is 18.4 Å². The summed E-state index contributed by atoms with van der Waals surface area (Å²) in [4.78, 5) is 11.9. The van der Waals surface area contributed by atoms with Gasteiger partial charge in [0.05, 0.1) is 0 Å². The average Bonchev–Trinajstić information content (AvgIpc) is 3.01. The Labute approximate surface area is 166 Å². The molecule has 6 heteroatoms. The number of hydrogen-bond donors (Lipinski definition) is 2. The number of carbonyl (C=O) groups is 1. The van der Waals surface area contributed by atoms with E-state index in [1.807, 2.05) is 30.3 Å². The van der Waals surface area contributed by atoms with Crippen LogP contribution in [0.25, 0.3) is 10.9 Å². The Bertz CT molecular complexity index is 833. The fraction of sp³-hybridized carbons (Fsp3) is 0.250.